The number of nitrogens with one attached hydrogen (secondary N) is 1. The maximum absolute atomic E-state index is 5.08. The summed E-state index contributed by atoms with van der Waals surface area (Å²) in [6, 6.07) is 8.74. The van der Waals surface area contributed by atoms with Gasteiger partial charge in [0, 0.05) is 11.3 Å². The fourth-order valence-electron chi connectivity index (χ4n) is 1.91. The van der Waals surface area contributed by atoms with Gasteiger partial charge in [0.15, 0.2) is 0 Å². The van der Waals surface area contributed by atoms with Crippen molar-refractivity contribution in [2.45, 2.75) is 26.8 Å². The third-order valence-corrected chi connectivity index (χ3v) is 2.65. The Bertz CT molecular complexity index is 439. The van der Waals surface area contributed by atoms with Crippen molar-refractivity contribution in [3.63, 3.8) is 0 Å². The molecule has 84 valence electrons. The first-order valence-electron chi connectivity index (χ1n) is 5.52. The third-order valence-electron chi connectivity index (χ3n) is 2.65. The SMILES string of the molecule is Cc1cc(C)cc(NC(C)c2ccoc2)c1. The van der Waals surface area contributed by atoms with Crippen molar-refractivity contribution in [2.75, 3.05) is 5.32 Å². The molecule has 0 saturated heterocycles. The second kappa shape index (κ2) is 4.44. The Hall–Kier alpha value is -1.70. The number of rotatable bonds is 3. The van der Waals surface area contributed by atoms with Gasteiger partial charge in [-0.25, -0.2) is 0 Å². The van der Waals surface area contributed by atoms with Crippen molar-refractivity contribution in [2.24, 2.45) is 0 Å². The molecule has 16 heavy (non-hydrogen) atoms. The Morgan fingerprint density at radius 1 is 1.12 bits per heavy atom. The van der Waals surface area contributed by atoms with E-state index in [0.717, 1.165) is 5.69 Å². The third kappa shape index (κ3) is 2.45. The van der Waals surface area contributed by atoms with Crippen LogP contribution in [0.1, 0.15) is 29.7 Å². The first-order chi connectivity index (χ1) is 7.65. The lowest BCUT2D eigenvalue weighted by Crippen LogP contribution is -2.05. The molecule has 0 radical (unpaired) electrons. The summed E-state index contributed by atoms with van der Waals surface area (Å²) in [6.07, 6.45) is 3.48. The number of benzene rings is 1. The lowest BCUT2D eigenvalue weighted by molar-refractivity contribution is 0.562. The minimum Gasteiger partial charge on any atom is -0.472 e. The summed E-state index contributed by atoms with van der Waals surface area (Å²) in [6.45, 7) is 6.35. The number of hydrogen-bond donors (Lipinski definition) is 1. The van der Waals surface area contributed by atoms with Crippen LogP contribution in [0.2, 0.25) is 0 Å². The summed E-state index contributed by atoms with van der Waals surface area (Å²) in [5.74, 6) is 0. The second-order valence-electron chi connectivity index (χ2n) is 4.30. The molecule has 2 nitrogen and oxygen atoms in total. The van der Waals surface area contributed by atoms with E-state index in [4.69, 9.17) is 4.42 Å². The van der Waals surface area contributed by atoms with E-state index in [2.05, 4.69) is 44.3 Å². The van der Waals surface area contributed by atoms with Crippen molar-refractivity contribution >= 4 is 5.69 Å². The van der Waals surface area contributed by atoms with Gasteiger partial charge in [0.05, 0.1) is 18.6 Å². The van der Waals surface area contributed by atoms with Crippen LogP contribution in [0.25, 0.3) is 0 Å². The Morgan fingerprint density at radius 2 is 1.81 bits per heavy atom. The fourth-order valence-corrected chi connectivity index (χ4v) is 1.91. The van der Waals surface area contributed by atoms with Crippen LogP contribution in [0, 0.1) is 13.8 Å². The zero-order valence-corrected chi connectivity index (χ0v) is 9.95. The molecule has 2 aromatic rings. The van der Waals surface area contributed by atoms with Gasteiger partial charge in [-0.05, 0) is 50.1 Å². The monoisotopic (exact) mass is 215 g/mol. The van der Waals surface area contributed by atoms with E-state index in [9.17, 15) is 0 Å². The molecule has 0 aliphatic rings. The average molecular weight is 215 g/mol. The van der Waals surface area contributed by atoms with Gasteiger partial charge in [-0.1, -0.05) is 6.07 Å². The first kappa shape index (κ1) is 10.8. The van der Waals surface area contributed by atoms with Crippen LogP contribution in [0.15, 0.2) is 41.2 Å². The topological polar surface area (TPSA) is 25.2 Å². The summed E-state index contributed by atoms with van der Waals surface area (Å²) >= 11 is 0. The molecular weight excluding hydrogens is 198 g/mol. The fraction of sp³-hybridized carbons (Fsp3) is 0.286. The van der Waals surface area contributed by atoms with Crippen LogP contribution in [0.3, 0.4) is 0 Å². The van der Waals surface area contributed by atoms with Crippen molar-refractivity contribution in [1.82, 2.24) is 0 Å². The van der Waals surface area contributed by atoms with Gasteiger partial charge < -0.3 is 9.73 Å². The minimum atomic E-state index is 0.264. The Labute approximate surface area is 96.3 Å². The largest absolute Gasteiger partial charge is 0.472 e. The highest BCUT2D eigenvalue weighted by atomic mass is 16.3. The molecule has 1 aromatic heterocycles. The quantitative estimate of drug-likeness (QED) is 0.834. The van der Waals surface area contributed by atoms with Crippen LogP contribution >= 0.6 is 0 Å². The molecule has 2 heteroatoms. The van der Waals surface area contributed by atoms with Crippen LogP contribution < -0.4 is 5.32 Å². The van der Waals surface area contributed by atoms with E-state index in [1.54, 1.807) is 12.5 Å². The van der Waals surface area contributed by atoms with Gasteiger partial charge in [-0.2, -0.15) is 0 Å². The smallest absolute Gasteiger partial charge is 0.0955 e. The molecule has 0 spiro atoms. The van der Waals surface area contributed by atoms with Gasteiger partial charge in [0.2, 0.25) is 0 Å². The maximum atomic E-state index is 5.08. The predicted octanol–water partition coefficient (Wildman–Crippen LogP) is 4.07. The van der Waals surface area contributed by atoms with E-state index in [1.807, 2.05) is 6.07 Å². The maximum Gasteiger partial charge on any atom is 0.0955 e. The first-order valence-corrected chi connectivity index (χ1v) is 5.52. The molecule has 1 N–H and O–H groups in total. The molecule has 0 aliphatic carbocycles. The highest BCUT2D eigenvalue weighted by molar-refractivity contribution is 5.49. The lowest BCUT2D eigenvalue weighted by Gasteiger charge is -2.14. The van der Waals surface area contributed by atoms with Gasteiger partial charge in [0.1, 0.15) is 0 Å². The molecule has 0 bridgehead atoms. The number of aryl methyl sites for hydroxylation is 2. The van der Waals surface area contributed by atoms with Crippen LogP contribution in [-0.4, -0.2) is 0 Å². The van der Waals surface area contributed by atoms with Crippen molar-refractivity contribution in [1.29, 1.82) is 0 Å². The molecule has 1 atom stereocenters. The summed E-state index contributed by atoms with van der Waals surface area (Å²) in [4.78, 5) is 0. The van der Waals surface area contributed by atoms with Crippen molar-refractivity contribution < 1.29 is 4.42 Å². The molecule has 2 rings (SSSR count). The summed E-state index contributed by atoms with van der Waals surface area (Å²) in [7, 11) is 0. The normalized spacial score (nSPS) is 12.4. The highest BCUT2D eigenvalue weighted by Gasteiger charge is 2.06. The standard InChI is InChI=1S/C14H17NO/c1-10-6-11(2)8-14(7-10)15-12(3)13-4-5-16-9-13/h4-9,12,15H,1-3H3. The molecule has 0 amide bonds. The minimum absolute atomic E-state index is 0.264. The molecule has 0 fully saturated rings. The molecule has 0 saturated carbocycles. The molecule has 0 aliphatic heterocycles. The van der Waals surface area contributed by atoms with Gasteiger partial charge in [-0.15, -0.1) is 0 Å². The zero-order chi connectivity index (χ0) is 11.5. The summed E-state index contributed by atoms with van der Waals surface area (Å²) in [5.41, 5.74) is 4.88. The van der Waals surface area contributed by atoms with Crippen molar-refractivity contribution in [3.8, 4) is 0 Å². The Kier molecular flexibility index (Phi) is 3.00. The van der Waals surface area contributed by atoms with E-state index in [0.29, 0.717) is 0 Å². The van der Waals surface area contributed by atoms with Crippen LogP contribution in [0.4, 0.5) is 5.69 Å². The molecular formula is C14H17NO. The van der Waals surface area contributed by atoms with Crippen LogP contribution in [-0.2, 0) is 0 Å². The zero-order valence-electron chi connectivity index (χ0n) is 9.95. The summed E-state index contributed by atoms with van der Waals surface area (Å²) < 4.78 is 5.08. The molecule has 1 unspecified atom stereocenters. The molecule has 1 aromatic carbocycles. The van der Waals surface area contributed by atoms with Gasteiger partial charge in [-0.3, -0.25) is 0 Å². The van der Waals surface area contributed by atoms with E-state index in [-0.39, 0.29) is 6.04 Å². The van der Waals surface area contributed by atoms with E-state index < -0.39 is 0 Å². The van der Waals surface area contributed by atoms with Crippen LogP contribution in [0.5, 0.6) is 0 Å². The second-order valence-corrected chi connectivity index (χ2v) is 4.30. The van der Waals surface area contributed by atoms with E-state index >= 15 is 0 Å². The number of furan rings is 1. The highest BCUT2D eigenvalue weighted by Crippen LogP contribution is 2.21. The number of hydrogen-bond acceptors (Lipinski definition) is 2. The average Bonchev–Trinajstić information content (AvgIpc) is 2.68. The van der Waals surface area contributed by atoms with Crippen molar-refractivity contribution in [3.05, 3.63) is 53.5 Å². The van der Waals surface area contributed by atoms with E-state index in [1.165, 1.54) is 16.7 Å². The molecule has 1 heterocycles. The Morgan fingerprint density at radius 3 is 2.38 bits per heavy atom. The predicted molar refractivity (Wildman–Crippen MR) is 66.7 cm³/mol. The number of anilines is 1. The Balaban J connectivity index is 2.15. The van der Waals surface area contributed by atoms with Gasteiger partial charge in [0.25, 0.3) is 0 Å². The lowest BCUT2D eigenvalue weighted by atomic mass is 10.1. The van der Waals surface area contributed by atoms with Gasteiger partial charge >= 0.3 is 0 Å². The summed E-state index contributed by atoms with van der Waals surface area (Å²) in [5, 5.41) is 3.47.